The Balaban J connectivity index is 2.11. The normalized spacial score (nSPS) is 18.4. The first-order valence-corrected chi connectivity index (χ1v) is 7.90. The first-order valence-electron chi connectivity index (χ1n) is 7.02. The Hall–Kier alpha value is -2.49. The molecule has 3 rings (SSSR count). The number of carbonyl (C=O) groups excluding carboxylic acids is 1. The number of thiophene rings is 1. The molecule has 0 saturated heterocycles. The zero-order valence-electron chi connectivity index (χ0n) is 12.6. The molecule has 3 nitrogen and oxygen atoms in total. The van der Waals surface area contributed by atoms with Gasteiger partial charge in [0.05, 0.1) is 21.6 Å². The van der Waals surface area contributed by atoms with Crippen LogP contribution in [0.2, 0.25) is 0 Å². The fourth-order valence-corrected chi connectivity index (χ4v) is 3.25. The molecule has 0 spiro atoms. The first kappa shape index (κ1) is 18.3. The molecule has 0 bridgehead atoms. The standard InChI is InChI=1S/C16H9F6NO2S/c17-15(18,19)8-4-7(5-9(6-8)16(20,21)22)11-12(24)13(25-14(11)23)10-2-1-3-26-10/h1-6,13H,23H2. The zero-order chi connectivity index (χ0) is 19.3. The number of hydrogen-bond donors (Lipinski definition) is 1. The number of hydrogen-bond acceptors (Lipinski definition) is 4. The minimum Gasteiger partial charge on any atom is -0.461 e. The molecular formula is C16H9F6NO2S. The first-order chi connectivity index (χ1) is 12.0. The summed E-state index contributed by atoms with van der Waals surface area (Å²) in [6, 6.07) is 4.07. The third-order valence-electron chi connectivity index (χ3n) is 3.65. The average molecular weight is 393 g/mol. The minimum atomic E-state index is -5.03. The van der Waals surface area contributed by atoms with Gasteiger partial charge in [-0.05, 0) is 35.2 Å². The lowest BCUT2D eigenvalue weighted by Gasteiger charge is -2.14. The van der Waals surface area contributed by atoms with E-state index in [0.717, 1.165) is 11.3 Å². The molecule has 0 amide bonds. The van der Waals surface area contributed by atoms with Crippen molar-refractivity contribution in [3.63, 3.8) is 0 Å². The second-order valence-corrected chi connectivity index (χ2v) is 6.39. The summed E-state index contributed by atoms with van der Waals surface area (Å²) in [6.45, 7) is 0. The van der Waals surface area contributed by atoms with Crippen LogP contribution in [0, 0.1) is 0 Å². The van der Waals surface area contributed by atoms with Crippen molar-refractivity contribution in [1.82, 2.24) is 0 Å². The van der Waals surface area contributed by atoms with E-state index in [1.807, 2.05) is 0 Å². The Bertz CT molecular complexity index is 851. The van der Waals surface area contributed by atoms with Crippen molar-refractivity contribution in [1.29, 1.82) is 0 Å². The van der Waals surface area contributed by atoms with Crippen LogP contribution in [-0.4, -0.2) is 5.78 Å². The number of carbonyl (C=O) groups is 1. The molecule has 138 valence electrons. The molecule has 1 aromatic heterocycles. The molecule has 0 fully saturated rings. The molecule has 1 unspecified atom stereocenters. The molecular weight excluding hydrogens is 384 g/mol. The van der Waals surface area contributed by atoms with Crippen LogP contribution in [0.25, 0.3) is 5.57 Å². The molecule has 0 aliphatic carbocycles. The van der Waals surface area contributed by atoms with Crippen LogP contribution in [0.4, 0.5) is 26.3 Å². The summed E-state index contributed by atoms with van der Waals surface area (Å²) in [6.07, 6.45) is -11.2. The van der Waals surface area contributed by atoms with Gasteiger partial charge in [-0.2, -0.15) is 26.3 Å². The zero-order valence-corrected chi connectivity index (χ0v) is 13.4. The molecule has 2 heterocycles. The Morgan fingerprint density at radius 1 is 1.00 bits per heavy atom. The SMILES string of the molecule is NC1=C(c2cc(C(F)(F)F)cc(C(F)(F)F)c2)C(=O)C(c2cccs2)O1. The summed E-state index contributed by atoms with van der Waals surface area (Å²) in [5, 5.41) is 1.65. The van der Waals surface area contributed by atoms with E-state index in [0.29, 0.717) is 17.0 Å². The van der Waals surface area contributed by atoms with E-state index in [9.17, 15) is 31.1 Å². The molecule has 2 aromatic rings. The molecule has 1 atom stereocenters. The summed E-state index contributed by atoms with van der Waals surface area (Å²) in [7, 11) is 0. The van der Waals surface area contributed by atoms with Crippen molar-refractivity contribution in [2.24, 2.45) is 5.73 Å². The number of rotatable bonds is 2. The molecule has 10 heteroatoms. The van der Waals surface area contributed by atoms with Crippen molar-refractivity contribution >= 4 is 22.7 Å². The van der Waals surface area contributed by atoms with Crippen LogP contribution < -0.4 is 5.73 Å². The topological polar surface area (TPSA) is 52.3 Å². The van der Waals surface area contributed by atoms with Gasteiger partial charge in [-0.25, -0.2) is 0 Å². The number of nitrogens with two attached hydrogens (primary N) is 1. The predicted molar refractivity (Wildman–Crippen MR) is 80.7 cm³/mol. The Kier molecular flexibility index (Phi) is 4.26. The van der Waals surface area contributed by atoms with Crippen LogP contribution in [0.15, 0.2) is 41.6 Å². The summed E-state index contributed by atoms with van der Waals surface area (Å²) < 4.78 is 83.1. The fourth-order valence-electron chi connectivity index (χ4n) is 2.50. The smallest absolute Gasteiger partial charge is 0.416 e. The van der Waals surface area contributed by atoms with E-state index in [-0.39, 0.29) is 6.07 Å². The Morgan fingerprint density at radius 3 is 2.04 bits per heavy atom. The minimum absolute atomic E-state index is 0.0166. The summed E-state index contributed by atoms with van der Waals surface area (Å²) in [5.41, 5.74) is 1.44. The van der Waals surface area contributed by atoms with Gasteiger partial charge in [-0.15, -0.1) is 11.3 Å². The second-order valence-electron chi connectivity index (χ2n) is 5.41. The van der Waals surface area contributed by atoms with Crippen molar-refractivity contribution in [2.45, 2.75) is 18.5 Å². The second kappa shape index (κ2) is 6.04. The number of halogens is 6. The van der Waals surface area contributed by atoms with Gasteiger partial charge >= 0.3 is 12.4 Å². The maximum atomic E-state index is 13.0. The monoisotopic (exact) mass is 393 g/mol. The van der Waals surface area contributed by atoms with Gasteiger partial charge in [0.25, 0.3) is 0 Å². The number of Topliss-reactive ketones (excluding diaryl/α,β-unsaturated/α-hetero) is 1. The Morgan fingerprint density at radius 2 is 1.58 bits per heavy atom. The summed E-state index contributed by atoms with van der Waals surface area (Å²) >= 11 is 1.15. The lowest BCUT2D eigenvalue weighted by atomic mass is 9.95. The van der Waals surface area contributed by atoms with Gasteiger partial charge in [-0.1, -0.05) is 6.07 Å². The van der Waals surface area contributed by atoms with E-state index >= 15 is 0 Å². The van der Waals surface area contributed by atoms with E-state index in [4.69, 9.17) is 10.5 Å². The maximum absolute atomic E-state index is 13.0. The van der Waals surface area contributed by atoms with E-state index in [1.54, 1.807) is 17.5 Å². The highest BCUT2D eigenvalue weighted by Gasteiger charge is 2.41. The molecule has 1 aromatic carbocycles. The predicted octanol–water partition coefficient (Wildman–Crippen LogP) is 4.75. The van der Waals surface area contributed by atoms with Gasteiger partial charge in [-0.3, -0.25) is 4.79 Å². The quantitative estimate of drug-likeness (QED) is 0.749. The number of ketones is 1. The van der Waals surface area contributed by atoms with Crippen molar-refractivity contribution < 1.29 is 35.9 Å². The van der Waals surface area contributed by atoms with E-state index < -0.39 is 52.4 Å². The fraction of sp³-hybridized carbons (Fsp3) is 0.188. The van der Waals surface area contributed by atoms with Crippen molar-refractivity contribution in [3.8, 4) is 0 Å². The van der Waals surface area contributed by atoms with Gasteiger partial charge in [0.15, 0.2) is 12.0 Å². The number of alkyl halides is 6. The number of ether oxygens (including phenoxy) is 1. The van der Waals surface area contributed by atoms with Gasteiger partial charge in [0.1, 0.15) is 0 Å². The maximum Gasteiger partial charge on any atom is 0.416 e. The van der Waals surface area contributed by atoms with E-state index in [1.165, 1.54) is 0 Å². The molecule has 26 heavy (non-hydrogen) atoms. The third-order valence-corrected chi connectivity index (χ3v) is 4.57. The van der Waals surface area contributed by atoms with Crippen LogP contribution in [0.1, 0.15) is 27.7 Å². The van der Waals surface area contributed by atoms with Crippen molar-refractivity contribution in [3.05, 3.63) is 63.2 Å². The third kappa shape index (κ3) is 3.28. The lowest BCUT2D eigenvalue weighted by Crippen LogP contribution is -2.13. The molecule has 0 radical (unpaired) electrons. The summed E-state index contributed by atoms with van der Waals surface area (Å²) in [5.74, 6) is -1.31. The highest BCUT2D eigenvalue weighted by molar-refractivity contribution is 7.10. The van der Waals surface area contributed by atoms with Crippen LogP contribution >= 0.6 is 11.3 Å². The van der Waals surface area contributed by atoms with Crippen LogP contribution in [-0.2, 0) is 21.9 Å². The Labute approximate surface area is 146 Å². The van der Waals surface area contributed by atoms with Gasteiger partial charge in [0.2, 0.25) is 5.78 Å². The van der Waals surface area contributed by atoms with Gasteiger partial charge < -0.3 is 10.5 Å². The highest BCUT2D eigenvalue weighted by atomic mass is 32.1. The lowest BCUT2D eigenvalue weighted by molar-refractivity contribution is -0.143. The molecule has 1 aliphatic heterocycles. The number of benzene rings is 1. The van der Waals surface area contributed by atoms with Gasteiger partial charge in [0, 0.05) is 0 Å². The average Bonchev–Trinajstić information content (AvgIpc) is 3.13. The van der Waals surface area contributed by atoms with Crippen LogP contribution in [0.3, 0.4) is 0 Å². The summed E-state index contributed by atoms with van der Waals surface area (Å²) in [4.78, 5) is 13.0. The molecule has 2 N–H and O–H groups in total. The van der Waals surface area contributed by atoms with Crippen LogP contribution in [0.5, 0.6) is 0 Å². The van der Waals surface area contributed by atoms with Crippen molar-refractivity contribution in [2.75, 3.05) is 0 Å². The molecule has 0 saturated carbocycles. The largest absolute Gasteiger partial charge is 0.461 e. The molecule has 1 aliphatic rings. The highest BCUT2D eigenvalue weighted by Crippen LogP contribution is 2.42. The van der Waals surface area contributed by atoms with E-state index in [2.05, 4.69) is 0 Å².